The van der Waals surface area contributed by atoms with Crippen molar-refractivity contribution in [2.75, 3.05) is 13.1 Å². The third-order valence-corrected chi connectivity index (χ3v) is 5.01. The molecular formula is C16H25N3O3S. The molecule has 2 atom stereocenters. The molecule has 1 aliphatic heterocycles. The normalized spacial score (nSPS) is 20.2. The minimum absolute atomic E-state index is 0.155. The average Bonchev–Trinajstić information content (AvgIpc) is 2.44. The van der Waals surface area contributed by atoms with E-state index in [9.17, 15) is 9.00 Å². The van der Waals surface area contributed by atoms with Crippen molar-refractivity contribution >= 4 is 16.9 Å². The predicted octanol–water partition coefficient (Wildman–Crippen LogP) is 2.60. The maximum atomic E-state index is 12.8. The first kappa shape index (κ1) is 17.8. The van der Waals surface area contributed by atoms with Crippen LogP contribution in [0.5, 0.6) is 0 Å². The number of hydrogen-bond acceptors (Lipinski definition) is 5. The van der Waals surface area contributed by atoms with Crippen LogP contribution in [0.2, 0.25) is 0 Å². The maximum absolute atomic E-state index is 12.8. The highest BCUT2D eigenvalue weighted by atomic mass is 32.2. The van der Waals surface area contributed by atoms with Crippen LogP contribution in [-0.2, 0) is 15.5 Å². The average molecular weight is 339 g/mol. The van der Waals surface area contributed by atoms with E-state index in [4.69, 9.17) is 4.74 Å². The number of rotatable bonds is 2. The molecule has 1 amide bonds. The lowest BCUT2D eigenvalue weighted by Crippen LogP contribution is -2.46. The van der Waals surface area contributed by atoms with Crippen molar-refractivity contribution in [2.24, 2.45) is 0 Å². The second-order valence-electron chi connectivity index (χ2n) is 6.92. The van der Waals surface area contributed by atoms with Crippen LogP contribution >= 0.6 is 0 Å². The van der Waals surface area contributed by atoms with Crippen molar-refractivity contribution in [2.45, 2.75) is 63.5 Å². The molecule has 0 radical (unpaired) electrons. The Balaban J connectivity index is 2.08. The van der Waals surface area contributed by atoms with Gasteiger partial charge in [0.15, 0.2) is 0 Å². The third-order valence-electron chi connectivity index (χ3n) is 3.47. The van der Waals surface area contributed by atoms with Crippen LogP contribution in [0.25, 0.3) is 0 Å². The van der Waals surface area contributed by atoms with Gasteiger partial charge in [0.2, 0.25) is 5.16 Å². The van der Waals surface area contributed by atoms with E-state index in [1.165, 1.54) is 0 Å². The third kappa shape index (κ3) is 4.99. The summed E-state index contributed by atoms with van der Waals surface area (Å²) < 4.78 is 18.2. The Morgan fingerprint density at radius 1 is 1.30 bits per heavy atom. The van der Waals surface area contributed by atoms with Gasteiger partial charge in [-0.3, -0.25) is 4.21 Å². The number of nitrogens with zero attached hydrogens (tertiary/aromatic N) is 3. The maximum Gasteiger partial charge on any atom is 0.410 e. The highest BCUT2D eigenvalue weighted by Gasteiger charge is 2.31. The van der Waals surface area contributed by atoms with Crippen LogP contribution in [0.4, 0.5) is 4.79 Å². The first-order valence-electron chi connectivity index (χ1n) is 7.86. The Labute approximate surface area is 140 Å². The van der Waals surface area contributed by atoms with Gasteiger partial charge < -0.3 is 9.64 Å². The molecule has 128 valence electrons. The number of carbonyl (C=O) groups excluding carboxylic acids is 1. The van der Waals surface area contributed by atoms with Crippen LogP contribution in [0.1, 0.15) is 45.0 Å². The molecule has 1 aromatic heterocycles. The van der Waals surface area contributed by atoms with Crippen LogP contribution < -0.4 is 0 Å². The zero-order valence-electron chi connectivity index (χ0n) is 14.5. The molecule has 1 saturated heterocycles. The van der Waals surface area contributed by atoms with Crippen molar-refractivity contribution in [3.63, 3.8) is 0 Å². The lowest BCUT2D eigenvalue weighted by atomic mass is 10.1. The number of piperidine rings is 1. The van der Waals surface area contributed by atoms with Gasteiger partial charge in [0.05, 0.1) is 16.0 Å². The number of hydrogen-bond donors (Lipinski definition) is 0. The molecule has 23 heavy (non-hydrogen) atoms. The lowest BCUT2D eigenvalue weighted by Gasteiger charge is -2.33. The number of likely N-dealkylation sites (tertiary alicyclic amines) is 1. The van der Waals surface area contributed by atoms with Crippen molar-refractivity contribution in [3.8, 4) is 0 Å². The fourth-order valence-electron chi connectivity index (χ4n) is 2.54. The molecule has 0 bridgehead atoms. The van der Waals surface area contributed by atoms with Gasteiger partial charge in [0.25, 0.3) is 0 Å². The van der Waals surface area contributed by atoms with Gasteiger partial charge in [0, 0.05) is 24.5 Å². The standard InChI is InChI=1S/C16H25N3O3S/c1-11-9-12(2)18-14(17-11)23(21)13-7-6-8-19(10-13)15(20)22-16(3,4)5/h9,13H,6-8,10H2,1-5H3/t13-,23-/m1/s1. The molecule has 0 aromatic carbocycles. The number of aryl methyl sites for hydroxylation is 2. The summed E-state index contributed by atoms with van der Waals surface area (Å²) in [6, 6.07) is 1.86. The monoisotopic (exact) mass is 339 g/mol. The zero-order valence-corrected chi connectivity index (χ0v) is 15.3. The summed E-state index contributed by atoms with van der Waals surface area (Å²) in [6.45, 7) is 10.3. The smallest absolute Gasteiger partial charge is 0.410 e. The van der Waals surface area contributed by atoms with E-state index in [0.717, 1.165) is 24.2 Å². The van der Waals surface area contributed by atoms with Crippen molar-refractivity contribution in [1.82, 2.24) is 14.9 Å². The van der Waals surface area contributed by atoms with E-state index >= 15 is 0 Å². The number of amides is 1. The number of ether oxygens (including phenoxy) is 1. The lowest BCUT2D eigenvalue weighted by molar-refractivity contribution is 0.0219. The Bertz CT molecular complexity index is 593. The molecule has 2 heterocycles. The van der Waals surface area contributed by atoms with Crippen LogP contribution in [-0.4, -0.2) is 49.1 Å². The summed E-state index contributed by atoms with van der Waals surface area (Å²) in [5.41, 5.74) is 1.08. The van der Waals surface area contributed by atoms with E-state index in [1.54, 1.807) is 4.90 Å². The SMILES string of the molecule is Cc1cc(C)nc([S@](=O)[C@@H]2CCCN(C(=O)OC(C)(C)C)C2)n1. The van der Waals surface area contributed by atoms with Crippen LogP contribution in [0, 0.1) is 13.8 Å². The van der Waals surface area contributed by atoms with E-state index < -0.39 is 16.4 Å². The van der Waals surface area contributed by atoms with E-state index in [1.807, 2.05) is 40.7 Å². The molecule has 2 rings (SSSR count). The fourth-order valence-corrected chi connectivity index (χ4v) is 4.00. The minimum atomic E-state index is -1.32. The molecule has 0 N–H and O–H groups in total. The first-order valence-corrected chi connectivity index (χ1v) is 9.08. The summed E-state index contributed by atoms with van der Waals surface area (Å²) in [7, 11) is -1.32. The highest BCUT2D eigenvalue weighted by molar-refractivity contribution is 7.85. The summed E-state index contributed by atoms with van der Waals surface area (Å²) in [5, 5.41) is 0.205. The van der Waals surface area contributed by atoms with Gasteiger partial charge in [-0.05, 0) is 53.5 Å². The van der Waals surface area contributed by atoms with Gasteiger partial charge in [0.1, 0.15) is 5.60 Å². The first-order chi connectivity index (χ1) is 10.7. The van der Waals surface area contributed by atoms with Gasteiger partial charge in [-0.25, -0.2) is 14.8 Å². The summed E-state index contributed by atoms with van der Waals surface area (Å²) in [6.07, 6.45) is 1.25. The summed E-state index contributed by atoms with van der Waals surface area (Å²) in [5.74, 6) is 0. The Morgan fingerprint density at radius 2 is 1.91 bits per heavy atom. The highest BCUT2D eigenvalue weighted by Crippen LogP contribution is 2.21. The Morgan fingerprint density at radius 3 is 2.48 bits per heavy atom. The molecule has 7 heteroatoms. The molecule has 0 aliphatic carbocycles. The van der Waals surface area contributed by atoms with Gasteiger partial charge >= 0.3 is 6.09 Å². The number of aromatic nitrogens is 2. The largest absolute Gasteiger partial charge is 0.444 e. The zero-order chi connectivity index (χ0) is 17.2. The molecule has 1 aromatic rings. The minimum Gasteiger partial charge on any atom is -0.444 e. The van der Waals surface area contributed by atoms with Gasteiger partial charge in [-0.2, -0.15) is 0 Å². The van der Waals surface area contributed by atoms with Gasteiger partial charge in [-0.1, -0.05) is 0 Å². The van der Waals surface area contributed by atoms with E-state index in [0.29, 0.717) is 18.2 Å². The Hall–Kier alpha value is -1.50. The molecule has 1 fully saturated rings. The van der Waals surface area contributed by atoms with Gasteiger partial charge in [-0.15, -0.1) is 0 Å². The van der Waals surface area contributed by atoms with Crippen molar-refractivity contribution in [3.05, 3.63) is 17.5 Å². The summed E-state index contributed by atoms with van der Waals surface area (Å²) in [4.78, 5) is 22.4. The van der Waals surface area contributed by atoms with E-state index in [-0.39, 0.29) is 11.3 Å². The summed E-state index contributed by atoms with van der Waals surface area (Å²) >= 11 is 0. The van der Waals surface area contributed by atoms with Crippen LogP contribution in [0.15, 0.2) is 11.2 Å². The van der Waals surface area contributed by atoms with Crippen molar-refractivity contribution < 1.29 is 13.7 Å². The molecule has 1 aliphatic rings. The molecular weight excluding hydrogens is 314 g/mol. The molecule has 0 spiro atoms. The second-order valence-corrected chi connectivity index (χ2v) is 8.55. The molecule has 0 unspecified atom stereocenters. The molecule has 0 saturated carbocycles. The van der Waals surface area contributed by atoms with Crippen LogP contribution in [0.3, 0.4) is 0 Å². The predicted molar refractivity (Wildman–Crippen MR) is 88.7 cm³/mol. The quantitative estimate of drug-likeness (QED) is 0.775. The molecule has 6 nitrogen and oxygen atoms in total. The fraction of sp³-hybridized carbons (Fsp3) is 0.688. The second kappa shape index (κ2) is 6.95. The van der Waals surface area contributed by atoms with E-state index in [2.05, 4.69) is 9.97 Å². The number of carbonyl (C=O) groups is 1. The van der Waals surface area contributed by atoms with Crippen molar-refractivity contribution in [1.29, 1.82) is 0 Å². The Kier molecular flexibility index (Phi) is 5.39. The topological polar surface area (TPSA) is 72.4 Å².